The first-order valence-electron chi connectivity index (χ1n) is 5.86. The second-order valence-corrected chi connectivity index (χ2v) is 4.67. The summed E-state index contributed by atoms with van der Waals surface area (Å²) in [7, 11) is 0. The van der Waals surface area contributed by atoms with Crippen molar-refractivity contribution in [2.45, 2.75) is 13.0 Å². The predicted molar refractivity (Wildman–Crippen MR) is 75.1 cm³/mol. The van der Waals surface area contributed by atoms with Crippen molar-refractivity contribution in [1.82, 2.24) is 0 Å². The molecule has 0 bridgehead atoms. The zero-order valence-corrected chi connectivity index (χ0v) is 11.0. The lowest BCUT2D eigenvalue weighted by atomic mass is 10.1. The molecule has 2 aromatic carbocycles. The average molecular weight is 262 g/mol. The van der Waals surface area contributed by atoms with E-state index < -0.39 is 0 Å². The largest absolute Gasteiger partial charge is 0.491 e. The van der Waals surface area contributed by atoms with Crippen LogP contribution in [0, 0.1) is 6.92 Å². The van der Waals surface area contributed by atoms with Gasteiger partial charge in [0.2, 0.25) is 0 Å². The topological polar surface area (TPSA) is 35.2 Å². The van der Waals surface area contributed by atoms with Crippen molar-refractivity contribution >= 4 is 11.6 Å². The molecule has 0 fully saturated rings. The molecule has 0 saturated carbocycles. The molecule has 94 valence electrons. The summed E-state index contributed by atoms with van der Waals surface area (Å²) in [5.74, 6) is 0.825. The Morgan fingerprint density at radius 2 is 1.89 bits per heavy atom. The molecule has 0 aliphatic heterocycles. The minimum Gasteiger partial charge on any atom is -0.491 e. The molecule has 18 heavy (non-hydrogen) atoms. The van der Waals surface area contributed by atoms with Crippen LogP contribution in [0.4, 0.5) is 0 Å². The molecule has 0 spiro atoms. The summed E-state index contributed by atoms with van der Waals surface area (Å²) < 4.78 is 5.72. The van der Waals surface area contributed by atoms with Gasteiger partial charge in [0.05, 0.1) is 6.04 Å². The predicted octanol–water partition coefficient (Wildman–Crippen LogP) is 3.73. The third-order valence-corrected chi connectivity index (χ3v) is 3.02. The zero-order valence-electron chi connectivity index (χ0n) is 10.3. The smallest absolute Gasteiger partial charge is 0.122 e. The van der Waals surface area contributed by atoms with Crippen LogP contribution in [0.15, 0.2) is 48.5 Å². The van der Waals surface area contributed by atoms with Gasteiger partial charge in [0.15, 0.2) is 0 Å². The number of benzene rings is 2. The van der Waals surface area contributed by atoms with E-state index in [9.17, 15) is 0 Å². The van der Waals surface area contributed by atoms with Crippen molar-refractivity contribution in [1.29, 1.82) is 0 Å². The fourth-order valence-electron chi connectivity index (χ4n) is 1.75. The lowest BCUT2D eigenvalue weighted by Gasteiger charge is -2.15. The van der Waals surface area contributed by atoms with Gasteiger partial charge in [-0.05, 0) is 36.2 Å². The third kappa shape index (κ3) is 3.25. The van der Waals surface area contributed by atoms with Gasteiger partial charge in [-0.15, -0.1) is 0 Å². The first kappa shape index (κ1) is 12.9. The summed E-state index contributed by atoms with van der Waals surface area (Å²) in [5, 5.41) is 0.715. The quantitative estimate of drug-likeness (QED) is 0.910. The van der Waals surface area contributed by atoms with E-state index in [1.807, 2.05) is 55.5 Å². The number of nitrogens with two attached hydrogens (primary N) is 1. The van der Waals surface area contributed by atoms with Gasteiger partial charge in [-0.2, -0.15) is 0 Å². The minimum absolute atomic E-state index is 0.124. The lowest BCUT2D eigenvalue weighted by Crippen LogP contribution is -2.19. The van der Waals surface area contributed by atoms with Crippen LogP contribution in [0.1, 0.15) is 17.2 Å². The standard InChI is InChI=1S/C15H16ClNO/c1-11-9-13(16)7-8-15(11)18-10-14(17)12-5-3-2-4-6-12/h2-9,14H,10,17H2,1H3/t14-/m1/s1. The fraction of sp³-hybridized carbons (Fsp3) is 0.200. The Morgan fingerprint density at radius 3 is 2.56 bits per heavy atom. The van der Waals surface area contributed by atoms with Crippen LogP contribution >= 0.6 is 11.6 Å². The summed E-state index contributed by atoms with van der Waals surface area (Å²) in [4.78, 5) is 0. The maximum atomic E-state index is 6.07. The SMILES string of the molecule is Cc1cc(Cl)ccc1OC[C@@H](N)c1ccccc1. The molecule has 0 aliphatic rings. The molecular weight excluding hydrogens is 246 g/mol. The molecule has 0 heterocycles. The second kappa shape index (κ2) is 5.89. The number of aryl methyl sites for hydroxylation is 1. The van der Waals surface area contributed by atoms with Gasteiger partial charge >= 0.3 is 0 Å². The van der Waals surface area contributed by atoms with Crippen molar-refractivity contribution in [3.8, 4) is 5.75 Å². The van der Waals surface area contributed by atoms with Gasteiger partial charge in [0.25, 0.3) is 0 Å². The summed E-state index contributed by atoms with van der Waals surface area (Å²) >= 11 is 5.90. The van der Waals surface area contributed by atoms with E-state index in [0.29, 0.717) is 11.6 Å². The van der Waals surface area contributed by atoms with E-state index in [-0.39, 0.29) is 6.04 Å². The summed E-state index contributed by atoms with van der Waals surface area (Å²) in [6, 6.07) is 15.4. The van der Waals surface area contributed by atoms with Crippen LogP contribution in [0.25, 0.3) is 0 Å². The molecule has 2 rings (SSSR count). The Hall–Kier alpha value is -1.51. The van der Waals surface area contributed by atoms with Crippen molar-refractivity contribution in [3.63, 3.8) is 0 Å². The number of rotatable bonds is 4. The number of hydrogen-bond donors (Lipinski definition) is 1. The maximum absolute atomic E-state index is 6.07. The van der Waals surface area contributed by atoms with Gasteiger partial charge in [-0.25, -0.2) is 0 Å². The normalized spacial score (nSPS) is 12.2. The zero-order chi connectivity index (χ0) is 13.0. The molecular formula is C15H16ClNO. The Bertz CT molecular complexity index is 513. The van der Waals surface area contributed by atoms with Crippen LogP contribution in [-0.2, 0) is 0 Å². The molecule has 3 heteroatoms. The highest BCUT2D eigenvalue weighted by Crippen LogP contribution is 2.22. The highest BCUT2D eigenvalue weighted by molar-refractivity contribution is 6.30. The fourth-order valence-corrected chi connectivity index (χ4v) is 1.98. The van der Waals surface area contributed by atoms with E-state index in [4.69, 9.17) is 22.1 Å². The highest BCUT2D eigenvalue weighted by atomic mass is 35.5. The second-order valence-electron chi connectivity index (χ2n) is 4.24. The van der Waals surface area contributed by atoms with Crippen LogP contribution < -0.4 is 10.5 Å². The molecule has 0 radical (unpaired) electrons. The molecule has 2 nitrogen and oxygen atoms in total. The van der Waals surface area contributed by atoms with Crippen molar-refractivity contribution in [2.75, 3.05) is 6.61 Å². The van der Waals surface area contributed by atoms with Gasteiger partial charge < -0.3 is 10.5 Å². The van der Waals surface area contributed by atoms with Crippen molar-refractivity contribution in [2.24, 2.45) is 5.73 Å². The maximum Gasteiger partial charge on any atom is 0.122 e. The van der Waals surface area contributed by atoms with Crippen molar-refractivity contribution < 1.29 is 4.74 Å². The minimum atomic E-state index is -0.124. The van der Waals surface area contributed by atoms with E-state index in [0.717, 1.165) is 16.9 Å². The van der Waals surface area contributed by atoms with Gasteiger partial charge in [0, 0.05) is 5.02 Å². The average Bonchev–Trinajstić information content (AvgIpc) is 2.38. The Balaban J connectivity index is 1.99. The molecule has 0 aliphatic carbocycles. The molecule has 0 unspecified atom stereocenters. The summed E-state index contributed by atoms with van der Waals surface area (Å²) in [6.07, 6.45) is 0. The van der Waals surface area contributed by atoms with Gasteiger partial charge in [-0.1, -0.05) is 41.9 Å². The van der Waals surface area contributed by atoms with Crippen LogP contribution in [-0.4, -0.2) is 6.61 Å². The first-order valence-corrected chi connectivity index (χ1v) is 6.24. The van der Waals surface area contributed by atoms with Gasteiger partial charge in [0.1, 0.15) is 12.4 Å². The summed E-state index contributed by atoms with van der Waals surface area (Å²) in [5.41, 5.74) is 8.16. The van der Waals surface area contributed by atoms with Gasteiger partial charge in [-0.3, -0.25) is 0 Å². The Morgan fingerprint density at radius 1 is 1.17 bits per heavy atom. The lowest BCUT2D eigenvalue weighted by molar-refractivity contribution is 0.289. The third-order valence-electron chi connectivity index (χ3n) is 2.78. The molecule has 0 saturated heterocycles. The van der Waals surface area contributed by atoms with E-state index in [1.165, 1.54) is 0 Å². The highest BCUT2D eigenvalue weighted by Gasteiger charge is 2.07. The molecule has 2 N–H and O–H groups in total. The number of ether oxygens (including phenoxy) is 1. The molecule has 1 atom stereocenters. The molecule has 0 aromatic heterocycles. The molecule has 2 aromatic rings. The monoisotopic (exact) mass is 261 g/mol. The Kier molecular flexibility index (Phi) is 4.24. The Labute approximate surface area is 112 Å². The van der Waals surface area contributed by atoms with E-state index in [2.05, 4.69) is 0 Å². The number of hydrogen-bond acceptors (Lipinski definition) is 2. The summed E-state index contributed by atoms with van der Waals surface area (Å²) in [6.45, 7) is 2.42. The van der Waals surface area contributed by atoms with Crippen LogP contribution in [0.5, 0.6) is 5.75 Å². The van der Waals surface area contributed by atoms with Crippen LogP contribution in [0.2, 0.25) is 5.02 Å². The van der Waals surface area contributed by atoms with E-state index >= 15 is 0 Å². The van der Waals surface area contributed by atoms with Crippen LogP contribution in [0.3, 0.4) is 0 Å². The first-order chi connectivity index (χ1) is 8.66. The van der Waals surface area contributed by atoms with Crippen molar-refractivity contribution in [3.05, 3.63) is 64.7 Å². The molecule has 0 amide bonds. The van der Waals surface area contributed by atoms with E-state index in [1.54, 1.807) is 0 Å². The number of halogens is 1.